The van der Waals surface area contributed by atoms with Crippen molar-refractivity contribution in [2.45, 2.75) is 123 Å². The predicted octanol–water partition coefficient (Wildman–Crippen LogP) is 9.29. The molecule has 5 heteroatoms. The van der Waals surface area contributed by atoms with Gasteiger partial charge in [0.25, 0.3) is 5.56 Å². The number of hydrogen-bond donors (Lipinski definition) is 0. The Morgan fingerprint density at radius 3 is 1.97 bits per heavy atom. The van der Waals surface area contributed by atoms with Crippen molar-refractivity contribution in [1.82, 2.24) is 4.57 Å². The molecule has 2 unspecified atom stereocenters. The summed E-state index contributed by atoms with van der Waals surface area (Å²) in [5, 5.41) is 0. The molecule has 2 aromatic rings. The zero-order valence-electron chi connectivity index (χ0n) is 23.9. The molecule has 0 saturated carbocycles. The summed E-state index contributed by atoms with van der Waals surface area (Å²) in [5.74, 6) is 0.0752. The van der Waals surface area contributed by atoms with E-state index >= 15 is 0 Å². The number of halogens is 1. The SMILES string of the molecule is CCCCCCCCCCCCCCCCOC1C(n2ccccc2=O)c2cc(Br)ccc2C(=O)C1(C)C. The van der Waals surface area contributed by atoms with Crippen LogP contribution in [0.3, 0.4) is 0 Å². The van der Waals surface area contributed by atoms with Crippen LogP contribution in [0.15, 0.2) is 51.9 Å². The van der Waals surface area contributed by atoms with Crippen molar-refractivity contribution in [1.29, 1.82) is 0 Å². The fourth-order valence-corrected chi connectivity index (χ4v) is 6.17. The molecule has 1 aliphatic rings. The smallest absolute Gasteiger partial charge is 0.251 e. The number of carbonyl (C=O) groups is 1. The summed E-state index contributed by atoms with van der Waals surface area (Å²) >= 11 is 3.56. The largest absolute Gasteiger partial charge is 0.375 e. The van der Waals surface area contributed by atoms with Crippen molar-refractivity contribution in [3.8, 4) is 0 Å². The van der Waals surface area contributed by atoms with Crippen LogP contribution in [0.1, 0.15) is 133 Å². The van der Waals surface area contributed by atoms with Gasteiger partial charge < -0.3 is 9.30 Å². The van der Waals surface area contributed by atoms with Crippen LogP contribution >= 0.6 is 15.9 Å². The predicted molar refractivity (Wildman–Crippen MR) is 161 cm³/mol. The molecule has 210 valence electrons. The highest BCUT2D eigenvalue weighted by atomic mass is 79.9. The number of unbranched alkanes of at least 4 members (excludes halogenated alkanes) is 13. The summed E-state index contributed by atoms with van der Waals surface area (Å²) in [5.41, 5.74) is 0.702. The highest BCUT2D eigenvalue weighted by Gasteiger charge is 2.49. The molecule has 0 N–H and O–H groups in total. The van der Waals surface area contributed by atoms with Gasteiger partial charge in [0, 0.05) is 28.9 Å². The zero-order valence-corrected chi connectivity index (χ0v) is 25.4. The Hall–Kier alpha value is -1.72. The normalized spacial score (nSPS) is 18.5. The molecule has 1 aromatic carbocycles. The number of nitrogens with zero attached hydrogens (tertiary/aromatic N) is 1. The molecule has 0 saturated heterocycles. The van der Waals surface area contributed by atoms with E-state index in [9.17, 15) is 9.59 Å². The summed E-state index contributed by atoms with van der Waals surface area (Å²) < 4.78 is 9.12. The first-order valence-electron chi connectivity index (χ1n) is 15.0. The van der Waals surface area contributed by atoms with Gasteiger partial charge in [-0.3, -0.25) is 9.59 Å². The Kier molecular flexibility index (Phi) is 12.8. The fourth-order valence-electron chi connectivity index (χ4n) is 5.79. The Morgan fingerprint density at radius 1 is 0.816 bits per heavy atom. The molecule has 0 fully saturated rings. The minimum atomic E-state index is -0.739. The number of aromatic nitrogens is 1. The molecule has 1 aliphatic carbocycles. The number of benzene rings is 1. The molecule has 0 radical (unpaired) electrons. The molecule has 0 amide bonds. The van der Waals surface area contributed by atoms with Gasteiger partial charge >= 0.3 is 0 Å². The zero-order chi connectivity index (χ0) is 27.4. The van der Waals surface area contributed by atoms with Crippen molar-refractivity contribution in [2.75, 3.05) is 6.61 Å². The molecule has 0 spiro atoms. The van der Waals surface area contributed by atoms with Crippen LogP contribution in [0.5, 0.6) is 0 Å². The molecular weight excluding hydrogens is 538 g/mol. The Labute approximate surface area is 238 Å². The number of hydrogen-bond acceptors (Lipinski definition) is 3. The third-order valence-corrected chi connectivity index (χ3v) is 8.60. The number of rotatable bonds is 17. The maximum atomic E-state index is 13.5. The Bertz CT molecular complexity index is 1060. The van der Waals surface area contributed by atoms with Crippen molar-refractivity contribution in [3.05, 3.63) is 68.5 Å². The first-order chi connectivity index (χ1) is 18.4. The molecule has 38 heavy (non-hydrogen) atoms. The third kappa shape index (κ3) is 8.39. The lowest BCUT2D eigenvalue weighted by Crippen LogP contribution is -2.51. The molecule has 3 rings (SSSR count). The number of Topliss-reactive ketones (excluding diaryl/α,β-unsaturated/α-hetero) is 1. The molecule has 4 nitrogen and oxygen atoms in total. The maximum Gasteiger partial charge on any atom is 0.251 e. The summed E-state index contributed by atoms with van der Waals surface area (Å²) in [7, 11) is 0. The van der Waals surface area contributed by atoms with Crippen LogP contribution in [0.4, 0.5) is 0 Å². The minimum absolute atomic E-state index is 0.0752. The van der Waals surface area contributed by atoms with E-state index in [4.69, 9.17) is 4.74 Å². The number of fused-ring (bicyclic) bond motifs is 1. The lowest BCUT2D eigenvalue weighted by atomic mass is 9.68. The van der Waals surface area contributed by atoms with Gasteiger partial charge in [-0.1, -0.05) is 112 Å². The first kappa shape index (κ1) is 30.8. The van der Waals surface area contributed by atoms with Crippen LogP contribution in [0, 0.1) is 5.41 Å². The van der Waals surface area contributed by atoms with Crippen LogP contribution in [0.25, 0.3) is 0 Å². The van der Waals surface area contributed by atoms with Gasteiger partial charge in [0.2, 0.25) is 0 Å². The van der Waals surface area contributed by atoms with Gasteiger partial charge in [0.15, 0.2) is 5.78 Å². The summed E-state index contributed by atoms with van der Waals surface area (Å²) in [6.45, 7) is 6.78. The van der Waals surface area contributed by atoms with Crippen LogP contribution in [-0.2, 0) is 4.74 Å². The number of pyridine rings is 1. The fraction of sp³-hybridized carbons (Fsp3) is 0.636. The number of ether oxygens (including phenoxy) is 1. The molecular formula is C33H48BrNO3. The monoisotopic (exact) mass is 585 g/mol. The van der Waals surface area contributed by atoms with Crippen molar-refractivity contribution in [2.24, 2.45) is 5.41 Å². The van der Waals surface area contributed by atoms with E-state index in [0.29, 0.717) is 12.2 Å². The topological polar surface area (TPSA) is 48.3 Å². The van der Waals surface area contributed by atoms with Gasteiger partial charge in [-0.05, 0) is 50.1 Å². The average Bonchev–Trinajstić information content (AvgIpc) is 2.90. The molecule has 2 atom stereocenters. The van der Waals surface area contributed by atoms with E-state index < -0.39 is 11.5 Å². The number of carbonyl (C=O) groups excluding carboxylic acids is 1. The van der Waals surface area contributed by atoms with Crippen molar-refractivity contribution >= 4 is 21.7 Å². The van der Waals surface area contributed by atoms with Crippen molar-refractivity contribution in [3.63, 3.8) is 0 Å². The van der Waals surface area contributed by atoms with E-state index in [1.54, 1.807) is 16.7 Å². The van der Waals surface area contributed by atoms with Gasteiger partial charge in [0.1, 0.15) is 0 Å². The summed E-state index contributed by atoms with van der Waals surface area (Å²) in [6, 6.07) is 10.6. The highest BCUT2D eigenvalue weighted by Crippen LogP contribution is 2.45. The van der Waals surface area contributed by atoms with E-state index in [-0.39, 0.29) is 17.4 Å². The lowest BCUT2D eigenvalue weighted by Gasteiger charge is -2.44. The third-order valence-electron chi connectivity index (χ3n) is 8.11. The standard InChI is InChI=1S/C33H48BrNO3/c1-4-5-6-7-8-9-10-11-12-13-14-15-16-19-24-38-32-30(35-23-18-17-20-29(35)36)28-25-26(34)21-22-27(28)31(37)33(32,2)3/h17-18,20-23,25,30,32H,4-16,19,24H2,1-3H3. The van der Waals surface area contributed by atoms with E-state index in [1.165, 1.54) is 77.0 Å². The Morgan fingerprint density at radius 2 is 1.39 bits per heavy atom. The molecule has 1 heterocycles. The van der Waals surface area contributed by atoms with E-state index in [0.717, 1.165) is 22.9 Å². The van der Waals surface area contributed by atoms with Gasteiger partial charge in [0.05, 0.1) is 17.6 Å². The summed E-state index contributed by atoms with van der Waals surface area (Å²) in [4.78, 5) is 26.4. The quantitative estimate of drug-likeness (QED) is 0.174. The second-order valence-corrected chi connectivity index (χ2v) is 12.5. The van der Waals surface area contributed by atoms with Gasteiger partial charge in [-0.25, -0.2) is 0 Å². The van der Waals surface area contributed by atoms with Crippen LogP contribution in [-0.4, -0.2) is 23.1 Å². The average molecular weight is 587 g/mol. The summed E-state index contributed by atoms with van der Waals surface area (Å²) in [6.07, 6.45) is 19.8. The number of ketones is 1. The lowest BCUT2D eigenvalue weighted by molar-refractivity contribution is -0.0433. The van der Waals surface area contributed by atoms with Gasteiger partial charge in [-0.2, -0.15) is 0 Å². The second kappa shape index (κ2) is 15.8. The van der Waals surface area contributed by atoms with Crippen LogP contribution in [0.2, 0.25) is 0 Å². The van der Waals surface area contributed by atoms with Gasteiger partial charge in [-0.15, -0.1) is 0 Å². The molecule has 0 bridgehead atoms. The van der Waals surface area contributed by atoms with E-state index in [1.807, 2.05) is 44.3 Å². The first-order valence-corrected chi connectivity index (χ1v) is 15.8. The Balaban J connectivity index is 1.48. The molecule has 1 aromatic heterocycles. The van der Waals surface area contributed by atoms with Crippen LogP contribution < -0.4 is 5.56 Å². The van der Waals surface area contributed by atoms with Crippen molar-refractivity contribution < 1.29 is 9.53 Å². The molecule has 0 aliphatic heterocycles. The highest BCUT2D eigenvalue weighted by molar-refractivity contribution is 9.10. The maximum absolute atomic E-state index is 13.5. The van der Waals surface area contributed by atoms with E-state index in [2.05, 4.69) is 22.9 Å². The second-order valence-electron chi connectivity index (χ2n) is 11.6. The minimum Gasteiger partial charge on any atom is -0.375 e.